The van der Waals surface area contributed by atoms with E-state index in [1.807, 2.05) is 0 Å². The minimum atomic E-state index is -1.03. The molecule has 1 unspecified atom stereocenters. The summed E-state index contributed by atoms with van der Waals surface area (Å²) in [4.78, 5) is 22.7. The van der Waals surface area contributed by atoms with E-state index in [9.17, 15) is 9.59 Å². The number of carboxylic acids is 1. The van der Waals surface area contributed by atoms with Gasteiger partial charge in [0.1, 0.15) is 6.04 Å². The summed E-state index contributed by atoms with van der Waals surface area (Å²) in [6.07, 6.45) is 6.44. The normalized spacial score (nSPS) is 20.3. The fraction of sp³-hybridized carbons (Fsp3) is 0.692. The highest BCUT2D eigenvalue weighted by Gasteiger charge is 2.42. The molecule has 2 amide bonds. The van der Waals surface area contributed by atoms with E-state index in [0.717, 1.165) is 0 Å². The molecule has 0 aromatic heterocycles. The lowest BCUT2D eigenvalue weighted by Gasteiger charge is -2.20. The van der Waals surface area contributed by atoms with Crippen LogP contribution in [0.25, 0.3) is 0 Å². The monoisotopic (exact) mass is 252 g/mol. The van der Waals surface area contributed by atoms with E-state index in [4.69, 9.17) is 5.11 Å². The van der Waals surface area contributed by atoms with Crippen LogP contribution in [0.1, 0.15) is 32.1 Å². The third kappa shape index (κ3) is 3.48. The van der Waals surface area contributed by atoms with Gasteiger partial charge in [-0.3, -0.25) is 0 Å². The van der Waals surface area contributed by atoms with Gasteiger partial charge in [-0.15, -0.1) is 6.58 Å². The predicted molar refractivity (Wildman–Crippen MR) is 67.1 cm³/mol. The summed E-state index contributed by atoms with van der Waals surface area (Å²) in [5.74, 6) is 0.177. The zero-order chi connectivity index (χ0) is 13.1. The molecular formula is C13H20N2O3. The molecule has 0 saturated heterocycles. The van der Waals surface area contributed by atoms with Gasteiger partial charge in [0.2, 0.25) is 0 Å². The van der Waals surface area contributed by atoms with Gasteiger partial charge < -0.3 is 15.7 Å². The number of carboxylic acid groups (broad SMARTS) is 1. The van der Waals surface area contributed by atoms with E-state index in [-0.39, 0.29) is 18.5 Å². The van der Waals surface area contributed by atoms with Crippen LogP contribution in [0.2, 0.25) is 0 Å². The number of carbonyl (C=O) groups excluding carboxylic acids is 1. The van der Waals surface area contributed by atoms with Gasteiger partial charge in [0.25, 0.3) is 0 Å². The quantitative estimate of drug-likeness (QED) is 0.601. The molecule has 1 atom stereocenters. The maximum atomic E-state index is 11.8. The maximum absolute atomic E-state index is 11.8. The summed E-state index contributed by atoms with van der Waals surface area (Å²) in [5.41, 5.74) is 0. The third-order valence-electron chi connectivity index (χ3n) is 3.56. The van der Waals surface area contributed by atoms with Crippen molar-refractivity contribution in [1.82, 2.24) is 10.6 Å². The first-order valence-corrected chi connectivity index (χ1v) is 6.52. The summed E-state index contributed by atoms with van der Waals surface area (Å²) >= 11 is 0. The zero-order valence-electron chi connectivity index (χ0n) is 10.4. The second-order valence-electron chi connectivity index (χ2n) is 5.23. The molecule has 0 spiro atoms. The lowest BCUT2D eigenvalue weighted by Crippen LogP contribution is -2.50. The maximum Gasteiger partial charge on any atom is 0.326 e. The average Bonchev–Trinajstić information content (AvgIpc) is 3.16. The Labute approximate surface area is 107 Å². The molecule has 2 rings (SSSR count). The molecule has 2 aliphatic carbocycles. The third-order valence-corrected chi connectivity index (χ3v) is 3.56. The van der Waals surface area contributed by atoms with E-state index in [2.05, 4.69) is 17.2 Å². The Bertz CT molecular complexity index is 336. The van der Waals surface area contributed by atoms with Crippen LogP contribution < -0.4 is 10.6 Å². The molecule has 5 heteroatoms. The Kier molecular flexibility index (Phi) is 3.89. The van der Waals surface area contributed by atoms with Crippen molar-refractivity contribution in [3.63, 3.8) is 0 Å². The number of carbonyl (C=O) groups is 2. The molecule has 5 nitrogen and oxygen atoms in total. The van der Waals surface area contributed by atoms with Crippen LogP contribution in [0, 0.1) is 11.8 Å². The van der Waals surface area contributed by atoms with E-state index in [0.29, 0.717) is 11.8 Å². The van der Waals surface area contributed by atoms with Crippen LogP contribution >= 0.6 is 0 Å². The molecule has 2 saturated carbocycles. The molecule has 0 aliphatic heterocycles. The number of amides is 2. The van der Waals surface area contributed by atoms with Gasteiger partial charge in [0.05, 0.1) is 0 Å². The fourth-order valence-corrected chi connectivity index (χ4v) is 2.27. The molecule has 3 N–H and O–H groups in total. The van der Waals surface area contributed by atoms with E-state index < -0.39 is 12.0 Å². The SMILES string of the molecule is C=CCC(NC(=O)NC(C1CC1)C1CC1)C(=O)O. The minimum Gasteiger partial charge on any atom is -0.480 e. The summed E-state index contributed by atoms with van der Waals surface area (Å²) in [5, 5.41) is 14.4. The van der Waals surface area contributed by atoms with Crippen LogP contribution in [0.15, 0.2) is 12.7 Å². The van der Waals surface area contributed by atoms with Crippen LogP contribution in [0.4, 0.5) is 4.79 Å². The van der Waals surface area contributed by atoms with Gasteiger partial charge in [0.15, 0.2) is 0 Å². The number of urea groups is 1. The Morgan fingerprint density at radius 2 is 1.78 bits per heavy atom. The van der Waals surface area contributed by atoms with Gasteiger partial charge in [-0.2, -0.15) is 0 Å². The molecule has 0 radical (unpaired) electrons. The van der Waals surface area contributed by atoms with E-state index in [1.54, 1.807) is 0 Å². The largest absolute Gasteiger partial charge is 0.480 e. The Morgan fingerprint density at radius 1 is 1.22 bits per heavy atom. The first-order valence-electron chi connectivity index (χ1n) is 6.52. The highest BCUT2D eigenvalue weighted by Crippen LogP contribution is 2.44. The zero-order valence-corrected chi connectivity index (χ0v) is 10.4. The molecule has 0 aromatic carbocycles. The first-order chi connectivity index (χ1) is 8.61. The topological polar surface area (TPSA) is 78.4 Å². The fourth-order valence-electron chi connectivity index (χ4n) is 2.27. The summed E-state index contributed by atoms with van der Waals surface area (Å²) in [6.45, 7) is 3.49. The number of nitrogens with one attached hydrogen (secondary N) is 2. The van der Waals surface area contributed by atoms with Gasteiger partial charge in [-0.1, -0.05) is 6.08 Å². The lowest BCUT2D eigenvalue weighted by atomic mass is 10.1. The lowest BCUT2D eigenvalue weighted by molar-refractivity contribution is -0.139. The van der Waals surface area contributed by atoms with Crippen molar-refractivity contribution in [2.45, 2.75) is 44.2 Å². The standard InChI is InChI=1S/C13H20N2O3/c1-2-3-10(12(16)17)14-13(18)15-11(8-4-5-8)9-6-7-9/h2,8-11H,1,3-7H2,(H,16,17)(H2,14,15,18). The van der Waals surface area contributed by atoms with Crippen molar-refractivity contribution >= 4 is 12.0 Å². The summed E-state index contributed by atoms with van der Waals surface area (Å²) in [6, 6.07) is -1.02. The molecule has 2 fully saturated rings. The smallest absolute Gasteiger partial charge is 0.326 e. The molecule has 0 heterocycles. The number of aliphatic carboxylic acids is 1. The van der Waals surface area contributed by atoms with Crippen molar-refractivity contribution < 1.29 is 14.7 Å². The molecule has 0 aromatic rings. The average molecular weight is 252 g/mol. The second-order valence-corrected chi connectivity index (χ2v) is 5.23. The van der Waals surface area contributed by atoms with Gasteiger partial charge in [-0.25, -0.2) is 9.59 Å². The predicted octanol–water partition coefficient (Wildman–Crippen LogP) is 1.50. The Hall–Kier alpha value is -1.52. The van der Waals surface area contributed by atoms with Crippen molar-refractivity contribution in [3.05, 3.63) is 12.7 Å². The highest BCUT2D eigenvalue weighted by molar-refractivity contribution is 5.82. The van der Waals surface area contributed by atoms with Gasteiger partial charge in [0, 0.05) is 6.04 Å². The number of hydrogen-bond donors (Lipinski definition) is 3. The molecule has 0 bridgehead atoms. The number of hydrogen-bond acceptors (Lipinski definition) is 2. The van der Waals surface area contributed by atoms with Crippen LogP contribution in [-0.4, -0.2) is 29.2 Å². The molecule has 18 heavy (non-hydrogen) atoms. The Balaban J connectivity index is 1.82. The van der Waals surface area contributed by atoms with E-state index in [1.165, 1.54) is 31.8 Å². The summed E-state index contributed by atoms with van der Waals surface area (Å²) < 4.78 is 0. The van der Waals surface area contributed by atoms with Crippen molar-refractivity contribution in [3.8, 4) is 0 Å². The van der Waals surface area contributed by atoms with Crippen molar-refractivity contribution in [2.24, 2.45) is 11.8 Å². The molecule has 100 valence electrons. The number of rotatable bonds is 7. The Morgan fingerprint density at radius 3 is 2.17 bits per heavy atom. The second kappa shape index (κ2) is 5.42. The van der Waals surface area contributed by atoms with Gasteiger partial charge in [-0.05, 0) is 43.9 Å². The van der Waals surface area contributed by atoms with Crippen LogP contribution in [0.3, 0.4) is 0 Å². The first kappa shape index (κ1) is 12.9. The molecule has 2 aliphatic rings. The molecular weight excluding hydrogens is 232 g/mol. The van der Waals surface area contributed by atoms with Crippen LogP contribution in [-0.2, 0) is 4.79 Å². The van der Waals surface area contributed by atoms with E-state index >= 15 is 0 Å². The highest BCUT2D eigenvalue weighted by atomic mass is 16.4. The van der Waals surface area contributed by atoms with Crippen molar-refractivity contribution in [1.29, 1.82) is 0 Å². The minimum absolute atomic E-state index is 0.236. The van der Waals surface area contributed by atoms with Gasteiger partial charge >= 0.3 is 12.0 Å². The summed E-state index contributed by atoms with van der Waals surface area (Å²) in [7, 11) is 0. The van der Waals surface area contributed by atoms with Crippen molar-refractivity contribution in [2.75, 3.05) is 0 Å². The van der Waals surface area contributed by atoms with Crippen LogP contribution in [0.5, 0.6) is 0 Å².